The number of pyridine rings is 1. The molecule has 148 valence electrons. The molecule has 2 aliphatic heterocycles. The van der Waals surface area contributed by atoms with Crippen molar-refractivity contribution < 1.29 is 8.42 Å². The first-order valence-electron chi connectivity index (χ1n) is 9.44. The van der Waals surface area contributed by atoms with E-state index < -0.39 is 10.0 Å². The van der Waals surface area contributed by atoms with Crippen molar-refractivity contribution in [3.05, 3.63) is 66.2 Å². The van der Waals surface area contributed by atoms with Gasteiger partial charge in [0, 0.05) is 44.1 Å². The van der Waals surface area contributed by atoms with Gasteiger partial charge in [0.2, 0.25) is 0 Å². The van der Waals surface area contributed by atoms with Crippen LogP contribution in [0, 0.1) is 6.92 Å². The van der Waals surface area contributed by atoms with Crippen molar-refractivity contribution in [2.24, 2.45) is 4.40 Å². The van der Waals surface area contributed by atoms with Crippen LogP contribution in [0.25, 0.3) is 5.82 Å². The number of aromatic nitrogens is 3. The lowest BCUT2D eigenvalue weighted by Gasteiger charge is -2.36. The number of benzene rings is 1. The standard InChI is InChI=1S/C20H20N6O2S/c1-15-21-9-10-26(15)19-8-4-7-18(22-19)24-11-13-25(14-12-24)20-16-5-2-3-6-17(16)29(27,28)23-20/h2-10H,11-14H2,1H3. The van der Waals surface area contributed by atoms with Gasteiger partial charge in [-0.25, -0.2) is 9.97 Å². The summed E-state index contributed by atoms with van der Waals surface area (Å²) in [4.78, 5) is 13.6. The molecule has 3 aromatic rings. The zero-order valence-corrected chi connectivity index (χ0v) is 16.7. The molecule has 8 nitrogen and oxygen atoms in total. The predicted octanol–water partition coefficient (Wildman–Crippen LogP) is 1.85. The molecule has 2 aliphatic rings. The van der Waals surface area contributed by atoms with Gasteiger partial charge in [0.15, 0.2) is 5.84 Å². The average Bonchev–Trinajstić information content (AvgIpc) is 3.29. The van der Waals surface area contributed by atoms with E-state index in [1.165, 1.54) is 0 Å². The third-order valence-corrected chi connectivity index (χ3v) is 6.63. The van der Waals surface area contributed by atoms with Crippen molar-refractivity contribution in [3.63, 3.8) is 0 Å². The van der Waals surface area contributed by atoms with E-state index in [2.05, 4.69) is 14.3 Å². The highest BCUT2D eigenvalue weighted by molar-refractivity contribution is 7.90. The molecular weight excluding hydrogens is 388 g/mol. The minimum Gasteiger partial charge on any atom is -0.353 e. The minimum absolute atomic E-state index is 0.294. The van der Waals surface area contributed by atoms with E-state index in [9.17, 15) is 8.42 Å². The highest BCUT2D eigenvalue weighted by atomic mass is 32.2. The molecule has 29 heavy (non-hydrogen) atoms. The summed E-state index contributed by atoms with van der Waals surface area (Å²) in [7, 11) is -3.59. The number of hydrogen-bond acceptors (Lipinski definition) is 6. The number of piperazine rings is 1. The lowest BCUT2D eigenvalue weighted by atomic mass is 10.1. The summed E-state index contributed by atoms with van der Waals surface area (Å²) in [5.41, 5.74) is 0.691. The van der Waals surface area contributed by atoms with E-state index in [0.717, 1.165) is 30.5 Å². The highest BCUT2D eigenvalue weighted by Crippen LogP contribution is 2.28. The van der Waals surface area contributed by atoms with Crippen molar-refractivity contribution in [1.82, 2.24) is 19.4 Å². The molecule has 0 unspecified atom stereocenters. The maximum Gasteiger partial charge on any atom is 0.285 e. The molecule has 0 amide bonds. The Bertz CT molecular complexity index is 1210. The van der Waals surface area contributed by atoms with Crippen LogP contribution >= 0.6 is 0 Å². The normalized spacial score (nSPS) is 17.9. The van der Waals surface area contributed by atoms with Gasteiger partial charge >= 0.3 is 0 Å². The van der Waals surface area contributed by atoms with Crippen LogP contribution in [-0.2, 0) is 10.0 Å². The topological polar surface area (TPSA) is 83.7 Å². The summed E-state index contributed by atoms with van der Waals surface area (Å²) in [5.74, 6) is 3.17. The largest absolute Gasteiger partial charge is 0.353 e. The van der Waals surface area contributed by atoms with Gasteiger partial charge in [-0.15, -0.1) is 4.40 Å². The monoisotopic (exact) mass is 408 g/mol. The highest BCUT2D eigenvalue weighted by Gasteiger charge is 2.33. The summed E-state index contributed by atoms with van der Waals surface area (Å²) in [5, 5.41) is 0. The Balaban J connectivity index is 1.35. The van der Waals surface area contributed by atoms with Gasteiger partial charge < -0.3 is 9.80 Å². The number of aryl methyl sites for hydroxylation is 1. The van der Waals surface area contributed by atoms with E-state index in [-0.39, 0.29) is 0 Å². The van der Waals surface area contributed by atoms with Crippen LogP contribution in [0.3, 0.4) is 0 Å². The van der Waals surface area contributed by atoms with Crippen molar-refractivity contribution in [3.8, 4) is 5.82 Å². The fourth-order valence-electron chi connectivity index (χ4n) is 3.81. The van der Waals surface area contributed by atoms with E-state index in [0.29, 0.717) is 29.4 Å². The molecule has 4 heterocycles. The van der Waals surface area contributed by atoms with Crippen LogP contribution in [0.4, 0.5) is 5.82 Å². The Morgan fingerprint density at radius 3 is 2.38 bits per heavy atom. The number of rotatable bonds is 2. The molecule has 9 heteroatoms. The van der Waals surface area contributed by atoms with Crippen LogP contribution in [0.5, 0.6) is 0 Å². The third kappa shape index (κ3) is 3.07. The van der Waals surface area contributed by atoms with Gasteiger partial charge in [0.25, 0.3) is 10.0 Å². The van der Waals surface area contributed by atoms with E-state index >= 15 is 0 Å². The molecule has 0 atom stereocenters. The molecule has 0 aliphatic carbocycles. The number of nitrogens with zero attached hydrogens (tertiary/aromatic N) is 6. The fraction of sp³-hybridized carbons (Fsp3) is 0.250. The zero-order chi connectivity index (χ0) is 20.0. The fourth-order valence-corrected chi connectivity index (χ4v) is 5.03. The van der Waals surface area contributed by atoms with Gasteiger partial charge in [0.1, 0.15) is 22.4 Å². The smallest absolute Gasteiger partial charge is 0.285 e. The van der Waals surface area contributed by atoms with Crippen LogP contribution in [0.2, 0.25) is 0 Å². The molecule has 0 bridgehead atoms. The number of imidazole rings is 1. The average molecular weight is 408 g/mol. The van der Waals surface area contributed by atoms with E-state index in [4.69, 9.17) is 4.98 Å². The zero-order valence-electron chi connectivity index (χ0n) is 15.9. The number of hydrogen-bond donors (Lipinski definition) is 0. The Hall–Kier alpha value is -3.20. The number of sulfonamides is 1. The summed E-state index contributed by atoms with van der Waals surface area (Å²) in [6.07, 6.45) is 3.66. The molecule has 1 saturated heterocycles. The van der Waals surface area contributed by atoms with E-state index in [1.54, 1.807) is 18.3 Å². The quantitative estimate of drug-likeness (QED) is 0.644. The molecular formula is C20H20N6O2S. The van der Waals surface area contributed by atoms with Gasteiger partial charge in [-0.1, -0.05) is 18.2 Å². The Morgan fingerprint density at radius 2 is 1.62 bits per heavy atom. The lowest BCUT2D eigenvalue weighted by molar-refractivity contribution is 0.386. The van der Waals surface area contributed by atoms with Crippen molar-refractivity contribution in [2.75, 3.05) is 31.1 Å². The number of fused-ring (bicyclic) bond motifs is 1. The van der Waals surface area contributed by atoms with Crippen molar-refractivity contribution in [1.29, 1.82) is 0 Å². The molecule has 0 radical (unpaired) electrons. The first-order valence-corrected chi connectivity index (χ1v) is 10.9. The number of amidine groups is 1. The van der Waals surface area contributed by atoms with Crippen LogP contribution in [0.1, 0.15) is 11.4 Å². The van der Waals surface area contributed by atoms with Gasteiger partial charge in [-0.3, -0.25) is 4.57 Å². The molecule has 0 spiro atoms. The maximum absolute atomic E-state index is 12.3. The Morgan fingerprint density at radius 1 is 0.897 bits per heavy atom. The summed E-state index contributed by atoms with van der Waals surface area (Å²) >= 11 is 0. The van der Waals surface area contributed by atoms with Crippen molar-refractivity contribution in [2.45, 2.75) is 11.8 Å². The number of anilines is 1. The van der Waals surface area contributed by atoms with Crippen molar-refractivity contribution >= 4 is 21.7 Å². The molecule has 2 aromatic heterocycles. The first kappa shape index (κ1) is 17.9. The van der Waals surface area contributed by atoms with Crippen LogP contribution < -0.4 is 4.90 Å². The second kappa shape index (κ2) is 6.70. The van der Waals surface area contributed by atoms with Gasteiger partial charge in [-0.2, -0.15) is 8.42 Å². The first-order chi connectivity index (χ1) is 14.0. The summed E-state index contributed by atoms with van der Waals surface area (Å²) < 4.78 is 30.6. The molecule has 5 rings (SSSR count). The van der Waals surface area contributed by atoms with Crippen LogP contribution in [0.15, 0.2) is 64.2 Å². The lowest BCUT2D eigenvalue weighted by Crippen LogP contribution is -2.49. The minimum atomic E-state index is -3.59. The summed E-state index contributed by atoms with van der Waals surface area (Å²) in [6, 6.07) is 13.0. The second-order valence-electron chi connectivity index (χ2n) is 7.06. The summed E-state index contributed by atoms with van der Waals surface area (Å²) in [6.45, 7) is 4.78. The van der Waals surface area contributed by atoms with Gasteiger partial charge in [0.05, 0.1) is 0 Å². The van der Waals surface area contributed by atoms with Crippen LogP contribution in [-0.4, -0.2) is 59.9 Å². The maximum atomic E-state index is 12.3. The molecule has 0 saturated carbocycles. The van der Waals surface area contributed by atoms with E-state index in [1.807, 2.05) is 52.9 Å². The third-order valence-electron chi connectivity index (χ3n) is 5.31. The second-order valence-corrected chi connectivity index (χ2v) is 8.63. The molecule has 0 N–H and O–H groups in total. The van der Waals surface area contributed by atoms with Gasteiger partial charge in [-0.05, 0) is 31.2 Å². The Kier molecular flexibility index (Phi) is 4.13. The predicted molar refractivity (Wildman–Crippen MR) is 110 cm³/mol. The SMILES string of the molecule is Cc1nccn1-c1cccc(N2CCN(C3=NS(=O)(=O)c4ccccc43)CC2)n1. The molecule has 1 fully saturated rings. The Labute approximate surface area is 169 Å². The molecule has 1 aromatic carbocycles.